The number of esters is 1. The summed E-state index contributed by atoms with van der Waals surface area (Å²) in [6.45, 7) is 2.09. The Hall–Kier alpha value is -1.52. The van der Waals surface area contributed by atoms with E-state index < -0.39 is 23.4 Å². The van der Waals surface area contributed by atoms with Crippen LogP contribution in [0.3, 0.4) is 0 Å². The van der Waals surface area contributed by atoms with Crippen molar-refractivity contribution in [1.29, 1.82) is 0 Å². The maximum Gasteiger partial charge on any atom is 0.314 e. The van der Waals surface area contributed by atoms with Crippen molar-refractivity contribution in [3.8, 4) is 5.75 Å². The van der Waals surface area contributed by atoms with Gasteiger partial charge in [-0.15, -0.1) is 0 Å². The molecule has 110 valence electrons. The minimum atomic E-state index is -1.56. The van der Waals surface area contributed by atoms with Gasteiger partial charge in [0.25, 0.3) is 0 Å². The summed E-state index contributed by atoms with van der Waals surface area (Å²) in [6.07, 6.45) is 4.60. The van der Waals surface area contributed by atoms with Crippen LogP contribution in [0.4, 0.5) is 13.2 Å². The average molecular weight is 286 g/mol. The molecule has 2 nitrogen and oxygen atoms in total. The summed E-state index contributed by atoms with van der Waals surface area (Å²) < 4.78 is 43.8. The van der Waals surface area contributed by atoms with Crippen LogP contribution in [-0.2, 0) is 4.79 Å². The smallest absolute Gasteiger partial charge is 0.314 e. The highest BCUT2D eigenvalue weighted by molar-refractivity contribution is 5.75. The van der Waals surface area contributed by atoms with E-state index in [1.54, 1.807) is 0 Å². The lowest BCUT2D eigenvalue weighted by Gasteiger charge is -2.11. The minimum absolute atomic E-state index is 0.234. The molecule has 0 bridgehead atoms. The van der Waals surface area contributed by atoms with Gasteiger partial charge in [-0.2, -0.15) is 0 Å². The van der Waals surface area contributed by atoms with Crippen molar-refractivity contribution in [3.05, 3.63) is 29.6 Å². The second kappa shape index (κ2) is 6.29. The van der Waals surface area contributed by atoms with Crippen molar-refractivity contribution in [1.82, 2.24) is 0 Å². The molecular weight excluding hydrogens is 269 g/mol. The van der Waals surface area contributed by atoms with Crippen LogP contribution in [0.15, 0.2) is 12.1 Å². The summed E-state index contributed by atoms with van der Waals surface area (Å²) in [4.78, 5) is 11.9. The Morgan fingerprint density at radius 3 is 2.50 bits per heavy atom. The first-order chi connectivity index (χ1) is 9.51. The molecule has 20 heavy (non-hydrogen) atoms. The van der Waals surface area contributed by atoms with E-state index in [0.717, 1.165) is 32.1 Å². The molecule has 1 aromatic carbocycles. The molecule has 2 rings (SSSR count). The molecule has 0 aromatic heterocycles. The van der Waals surface area contributed by atoms with E-state index in [9.17, 15) is 18.0 Å². The monoisotopic (exact) mass is 286 g/mol. The first-order valence-corrected chi connectivity index (χ1v) is 6.87. The highest BCUT2D eigenvalue weighted by atomic mass is 19.2. The molecule has 5 heteroatoms. The summed E-state index contributed by atoms with van der Waals surface area (Å²) in [5, 5.41) is 0. The Morgan fingerprint density at radius 1 is 1.25 bits per heavy atom. The van der Waals surface area contributed by atoms with Gasteiger partial charge in [-0.1, -0.05) is 19.8 Å². The number of carbonyl (C=O) groups excluding carboxylic acids is 1. The fourth-order valence-corrected chi connectivity index (χ4v) is 2.75. The van der Waals surface area contributed by atoms with Crippen LogP contribution in [0.25, 0.3) is 0 Å². The third-order valence-electron chi connectivity index (χ3n) is 3.75. The summed E-state index contributed by atoms with van der Waals surface area (Å²) in [5.41, 5.74) is 0. The van der Waals surface area contributed by atoms with Crippen molar-refractivity contribution in [3.63, 3.8) is 0 Å². The number of hydrogen-bond donors (Lipinski definition) is 0. The lowest BCUT2D eigenvalue weighted by atomic mass is 10.0. The summed E-state index contributed by atoms with van der Waals surface area (Å²) >= 11 is 0. The second-order valence-electron chi connectivity index (χ2n) is 5.29. The minimum Gasteiger partial charge on any atom is -0.426 e. The van der Waals surface area contributed by atoms with Gasteiger partial charge >= 0.3 is 5.97 Å². The highest BCUT2D eigenvalue weighted by Crippen LogP contribution is 2.35. The van der Waals surface area contributed by atoms with Crippen LogP contribution in [0, 0.1) is 29.3 Å². The van der Waals surface area contributed by atoms with Gasteiger partial charge in [0, 0.05) is 12.1 Å². The lowest BCUT2D eigenvalue weighted by Crippen LogP contribution is -2.18. The number of benzene rings is 1. The van der Waals surface area contributed by atoms with Gasteiger partial charge in [0.1, 0.15) is 5.75 Å². The first-order valence-electron chi connectivity index (χ1n) is 6.87. The third-order valence-corrected chi connectivity index (χ3v) is 3.75. The van der Waals surface area contributed by atoms with Gasteiger partial charge in [0.15, 0.2) is 17.5 Å². The molecule has 1 fully saturated rings. The van der Waals surface area contributed by atoms with E-state index in [-0.39, 0.29) is 11.7 Å². The number of halogens is 3. The predicted octanol–water partition coefficient (Wildman–Crippen LogP) is 4.23. The van der Waals surface area contributed by atoms with Crippen LogP contribution in [0.1, 0.15) is 39.0 Å². The average Bonchev–Trinajstić information content (AvgIpc) is 2.85. The zero-order chi connectivity index (χ0) is 14.7. The normalized spacial score (nSPS) is 22.0. The van der Waals surface area contributed by atoms with Crippen molar-refractivity contribution in [2.75, 3.05) is 0 Å². The molecule has 1 aliphatic rings. The van der Waals surface area contributed by atoms with E-state index in [1.165, 1.54) is 0 Å². The predicted molar refractivity (Wildman–Crippen MR) is 67.7 cm³/mol. The molecule has 1 aromatic rings. The SMILES string of the molecule is CCCC1CCC(C(=O)Oc2cc(F)c(F)c(F)c2)C1. The van der Waals surface area contributed by atoms with Gasteiger partial charge in [0.2, 0.25) is 0 Å². The number of rotatable bonds is 4. The van der Waals surface area contributed by atoms with E-state index in [1.807, 2.05) is 0 Å². The van der Waals surface area contributed by atoms with Gasteiger partial charge in [-0.05, 0) is 25.2 Å². The van der Waals surface area contributed by atoms with Crippen LogP contribution in [0.2, 0.25) is 0 Å². The zero-order valence-electron chi connectivity index (χ0n) is 11.3. The largest absolute Gasteiger partial charge is 0.426 e. The van der Waals surface area contributed by atoms with E-state index >= 15 is 0 Å². The van der Waals surface area contributed by atoms with Gasteiger partial charge in [-0.25, -0.2) is 13.2 Å². The molecule has 0 heterocycles. The van der Waals surface area contributed by atoms with Crippen molar-refractivity contribution in [2.24, 2.45) is 11.8 Å². The van der Waals surface area contributed by atoms with Gasteiger partial charge in [0.05, 0.1) is 5.92 Å². The van der Waals surface area contributed by atoms with Gasteiger partial charge < -0.3 is 4.74 Å². The van der Waals surface area contributed by atoms with Crippen LogP contribution in [-0.4, -0.2) is 5.97 Å². The Morgan fingerprint density at radius 2 is 1.90 bits per heavy atom. The molecular formula is C15H17F3O2. The fourth-order valence-electron chi connectivity index (χ4n) is 2.75. The molecule has 0 radical (unpaired) electrons. The summed E-state index contributed by atoms with van der Waals surface area (Å²) in [5.74, 6) is -4.78. The molecule has 2 atom stereocenters. The lowest BCUT2D eigenvalue weighted by molar-refractivity contribution is -0.138. The van der Waals surface area contributed by atoms with E-state index in [2.05, 4.69) is 6.92 Å². The fraction of sp³-hybridized carbons (Fsp3) is 0.533. The Balaban J connectivity index is 1.98. The quantitative estimate of drug-likeness (QED) is 0.470. The Kier molecular flexibility index (Phi) is 4.68. The van der Waals surface area contributed by atoms with Crippen molar-refractivity contribution in [2.45, 2.75) is 39.0 Å². The molecule has 0 spiro atoms. The van der Waals surface area contributed by atoms with Crippen LogP contribution >= 0.6 is 0 Å². The number of carbonyl (C=O) groups is 1. The highest BCUT2D eigenvalue weighted by Gasteiger charge is 2.31. The van der Waals surface area contributed by atoms with Gasteiger partial charge in [-0.3, -0.25) is 4.79 Å². The maximum absolute atomic E-state index is 13.0. The maximum atomic E-state index is 13.0. The molecule has 2 unspecified atom stereocenters. The molecule has 0 aliphatic heterocycles. The van der Waals surface area contributed by atoms with Crippen LogP contribution < -0.4 is 4.74 Å². The second-order valence-corrected chi connectivity index (χ2v) is 5.29. The molecule has 0 saturated heterocycles. The Labute approximate surface area is 115 Å². The van der Waals surface area contributed by atoms with Crippen LogP contribution in [0.5, 0.6) is 5.75 Å². The van der Waals surface area contributed by atoms with E-state index in [0.29, 0.717) is 18.1 Å². The van der Waals surface area contributed by atoms with Crippen molar-refractivity contribution >= 4 is 5.97 Å². The Bertz CT molecular complexity index is 479. The first kappa shape index (κ1) is 14.9. The number of ether oxygens (including phenoxy) is 1. The molecule has 1 saturated carbocycles. The molecule has 0 amide bonds. The summed E-state index contributed by atoms with van der Waals surface area (Å²) in [7, 11) is 0. The summed E-state index contributed by atoms with van der Waals surface area (Å²) in [6, 6.07) is 1.38. The standard InChI is InChI=1S/C15H17F3O2/c1-2-3-9-4-5-10(6-9)15(19)20-11-7-12(16)14(18)13(17)8-11/h7-10H,2-6H2,1H3. The topological polar surface area (TPSA) is 26.3 Å². The van der Waals surface area contributed by atoms with Crippen molar-refractivity contribution < 1.29 is 22.7 Å². The number of hydrogen-bond acceptors (Lipinski definition) is 2. The molecule has 0 N–H and O–H groups in total. The van der Waals surface area contributed by atoms with E-state index in [4.69, 9.17) is 4.74 Å². The zero-order valence-corrected chi connectivity index (χ0v) is 11.3. The molecule has 1 aliphatic carbocycles. The third kappa shape index (κ3) is 3.32.